The fraction of sp³-hybridized carbons (Fsp3) is 0.263. The van der Waals surface area contributed by atoms with Crippen LogP contribution < -0.4 is 0 Å². The third-order valence-corrected chi connectivity index (χ3v) is 5.62. The molecule has 1 heterocycles. The van der Waals surface area contributed by atoms with Crippen molar-refractivity contribution in [1.82, 2.24) is 9.97 Å². The fourth-order valence-electron chi connectivity index (χ4n) is 3.28. The average molecular weight is 407 g/mol. The van der Waals surface area contributed by atoms with Crippen LogP contribution in [-0.2, 0) is 15.0 Å². The van der Waals surface area contributed by atoms with Gasteiger partial charge in [-0.2, -0.15) is 0 Å². The molecule has 2 N–H and O–H groups in total. The Labute approximate surface area is 165 Å². The zero-order valence-corrected chi connectivity index (χ0v) is 15.8. The molecule has 0 spiro atoms. The maximum absolute atomic E-state index is 12.2. The van der Waals surface area contributed by atoms with E-state index in [1.807, 2.05) is 0 Å². The predicted molar refractivity (Wildman–Crippen MR) is 101 cm³/mol. The molecule has 1 aliphatic carbocycles. The second kappa shape index (κ2) is 6.94. The minimum Gasteiger partial charge on any atom is -0.481 e. The number of carboxylic acid groups (broad SMARTS) is 2. The van der Waals surface area contributed by atoms with Crippen LogP contribution in [0.15, 0.2) is 42.7 Å². The molecule has 1 aromatic heterocycles. The van der Waals surface area contributed by atoms with Crippen LogP contribution >= 0.6 is 23.2 Å². The van der Waals surface area contributed by atoms with Crippen LogP contribution in [0.25, 0.3) is 11.3 Å². The van der Waals surface area contributed by atoms with Crippen LogP contribution in [0.4, 0.5) is 0 Å². The number of benzene rings is 1. The van der Waals surface area contributed by atoms with E-state index in [0.717, 1.165) is 0 Å². The highest BCUT2D eigenvalue weighted by Gasteiger charge is 2.50. The van der Waals surface area contributed by atoms with Crippen molar-refractivity contribution in [3.63, 3.8) is 0 Å². The highest BCUT2D eigenvalue weighted by atomic mass is 35.5. The first-order valence-electron chi connectivity index (χ1n) is 8.10. The summed E-state index contributed by atoms with van der Waals surface area (Å²) < 4.78 is 0. The quantitative estimate of drug-likeness (QED) is 0.737. The van der Waals surface area contributed by atoms with Crippen LogP contribution in [0.3, 0.4) is 0 Å². The number of rotatable bonds is 4. The third-order valence-electron chi connectivity index (χ3n) is 4.88. The number of aliphatic carboxylic acids is 2. The molecule has 27 heavy (non-hydrogen) atoms. The van der Waals surface area contributed by atoms with Crippen LogP contribution in [0, 0.1) is 5.41 Å². The topological polar surface area (TPSA) is 100 Å². The molecule has 2 aromatic rings. The number of aromatic nitrogens is 2. The third kappa shape index (κ3) is 3.42. The Morgan fingerprint density at radius 2 is 1.81 bits per heavy atom. The van der Waals surface area contributed by atoms with Crippen molar-refractivity contribution in [1.29, 1.82) is 0 Å². The van der Waals surface area contributed by atoms with Gasteiger partial charge in [0.25, 0.3) is 0 Å². The average Bonchev–Trinajstić information content (AvgIpc) is 2.64. The highest BCUT2D eigenvalue weighted by molar-refractivity contribution is 6.42. The molecule has 0 saturated carbocycles. The number of hydrogen-bond donors (Lipinski definition) is 2. The van der Waals surface area contributed by atoms with Gasteiger partial charge in [0.2, 0.25) is 0 Å². The Kier molecular flexibility index (Phi) is 4.97. The Morgan fingerprint density at radius 3 is 2.44 bits per heavy atom. The summed E-state index contributed by atoms with van der Waals surface area (Å²) in [5.41, 5.74) is -1.43. The first-order chi connectivity index (χ1) is 12.7. The lowest BCUT2D eigenvalue weighted by Crippen LogP contribution is -2.45. The van der Waals surface area contributed by atoms with Gasteiger partial charge in [0.05, 0.1) is 26.8 Å². The maximum atomic E-state index is 12.2. The van der Waals surface area contributed by atoms with Gasteiger partial charge in [-0.15, -0.1) is 0 Å². The summed E-state index contributed by atoms with van der Waals surface area (Å²) in [7, 11) is 0. The minimum absolute atomic E-state index is 0.112. The monoisotopic (exact) mass is 406 g/mol. The number of carboxylic acids is 2. The van der Waals surface area contributed by atoms with E-state index in [2.05, 4.69) is 9.97 Å². The van der Waals surface area contributed by atoms with Crippen molar-refractivity contribution in [2.24, 2.45) is 5.41 Å². The molecule has 1 aliphatic rings. The van der Waals surface area contributed by atoms with E-state index in [4.69, 9.17) is 23.2 Å². The molecule has 2 atom stereocenters. The molecular weight excluding hydrogens is 391 g/mol. The number of nitrogens with zero attached hydrogens (tertiary/aromatic N) is 2. The van der Waals surface area contributed by atoms with Crippen LogP contribution in [0.2, 0.25) is 10.0 Å². The molecule has 0 fully saturated rings. The second-order valence-corrected chi connectivity index (χ2v) is 7.66. The first kappa shape index (κ1) is 19.3. The van der Waals surface area contributed by atoms with Gasteiger partial charge < -0.3 is 10.2 Å². The van der Waals surface area contributed by atoms with Gasteiger partial charge in [-0.3, -0.25) is 9.59 Å². The summed E-state index contributed by atoms with van der Waals surface area (Å²) in [6, 6.07) is 6.51. The van der Waals surface area contributed by atoms with Gasteiger partial charge in [0, 0.05) is 5.56 Å². The normalized spacial score (nSPS) is 24.6. The van der Waals surface area contributed by atoms with Crippen LogP contribution in [0.1, 0.15) is 25.5 Å². The molecule has 140 valence electrons. The van der Waals surface area contributed by atoms with Crippen LogP contribution in [-0.4, -0.2) is 32.1 Å². The van der Waals surface area contributed by atoms with Crippen molar-refractivity contribution >= 4 is 35.1 Å². The summed E-state index contributed by atoms with van der Waals surface area (Å²) in [5.74, 6) is -2.21. The molecule has 2 unspecified atom stereocenters. The van der Waals surface area contributed by atoms with E-state index in [-0.39, 0.29) is 18.5 Å². The van der Waals surface area contributed by atoms with Crippen molar-refractivity contribution in [3.05, 3.63) is 58.5 Å². The Hall–Kier alpha value is -2.44. The maximum Gasteiger partial charge on any atom is 0.319 e. The zero-order chi connectivity index (χ0) is 19.8. The lowest BCUT2D eigenvalue weighted by atomic mass is 9.65. The Balaban J connectivity index is 2.12. The molecule has 0 radical (unpaired) electrons. The van der Waals surface area contributed by atoms with E-state index >= 15 is 0 Å². The summed E-state index contributed by atoms with van der Waals surface area (Å²) in [4.78, 5) is 32.2. The van der Waals surface area contributed by atoms with E-state index in [0.29, 0.717) is 21.3 Å². The molecule has 0 aliphatic heterocycles. The lowest BCUT2D eigenvalue weighted by Gasteiger charge is -2.37. The number of allylic oxidation sites excluding steroid dienone is 1. The van der Waals surface area contributed by atoms with E-state index in [1.165, 1.54) is 19.3 Å². The van der Waals surface area contributed by atoms with Crippen molar-refractivity contribution in [3.8, 4) is 11.3 Å². The van der Waals surface area contributed by atoms with Gasteiger partial charge in [-0.05, 0) is 38.0 Å². The summed E-state index contributed by atoms with van der Waals surface area (Å²) in [5, 5.41) is 20.3. The lowest BCUT2D eigenvalue weighted by molar-refractivity contribution is -0.152. The highest BCUT2D eigenvalue weighted by Crippen LogP contribution is 2.44. The first-order valence-corrected chi connectivity index (χ1v) is 8.86. The summed E-state index contributed by atoms with van der Waals surface area (Å²) in [6.07, 6.45) is 4.51. The van der Waals surface area contributed by atoms with Crippen LogP contribution in [0.5, 0.6) is 0 Å². The van der Waals surface area contributed by atoms with Gasteiger partial charge >= 0.3 is 11.9 Å². The van der Waals surface area contributed by atoms with E-state index in [9.17, 15) is 19.8 Å². The molecular formula is C19H16Cl2N2O4. The zero-order valence-electron chi connectivity index (χ0n) is 14.3. The van der Waals surface area contributed by atoms with Crippen molar-refractivity contribution in [2.75, 3.05) is 0 Å². The molecule has 0 amide bonds. The van der Waals surface area contributed by atoms with E-state index in [1.54, 1.807) is 30.3 Å². The van der Waals surface area contributed by atoms with Gasteiger partial charge in [-0.25, -0.2) is 9.97 Å². The van der Waals surface area contributed by atoms with Crippen molar-refractivity contribution in [2.45, 2.75) is 25.2 Å². The Morgan fingerprint density at radius 1 is 1.07 bits per heavy atom. The van der Waals surface area contributed by atoms with Gasteiger partial charge in [-0.1, -0.05) is 41.4 Å². The standard InChI is InChI=1S/C19H16Cl2N2O4/c1-18(16(24)25)5-2-6-19(9-18,17(26)27)15-8-14(22-10-23-15)11-3-4-12(20)13(21)7-11/h2-4,6-8,10H,5,9H2,1H3,(H,24,25)(H,26,27). The molecule has 0 saturated heterocycles. The molecule has 1 aromatic carbocycles. The molecule has 8 heteroatoms. The number of hydrogen-bond acceptors (Lipinski definition) is 4. The fourth-order valence-corrected chi connectivity index (χ4v) is 3.57. The largest absolute Gasteiger partial charge is 0.481 e. The smallest absolute Gasteiger partial charge is 0.319 e. The van der Waals surface area contributed by atoms with Gasteiger partial charge in [0.1, 0.15) is 11.7 Å². The summed E-state index contributed by atoms with van der Waals surface area (Å²) in [6.45, 7) is 1.54. The molecule has 6 nitrogen and oxygen atoms in total. The van der Waals surface area contributed by atoms with E-state index < -0.39 is 22.8 Å². The predicted octanol–water partition coefficient (Wildman–Crippen LogP) is 4.21. The van der Waals surface area contributed by atoms with Gasteiger partial charge in [0.15, 0.2) is 0 Å². The minimum atomic E-state index is -1.56. The second-order valence-electron chi connectivity index (χ2n) is 6.84. The number of carbonyl (C=O) groups is 2. The molecule has 3 rings (SSSR count). The Bertz CT molecular complexity index is 962. The molecule has 0 bridgehead atoms. The SMILES string of the molecule is CC1(C(=O)O)CC=CC(C(=O)O)(c2cc(-c3ccc(Cl)c(Cl)c3)ncn2)C1. The summed E-state index contributed by atoms with van der Waals surface area (Å²) >= 11 is 12.0. The number of halogens is 2. The van der Waals surface area contributed by atoms with Crippen molar-refractivity contribution < 1.29 is 19.8 Å².